The molecule has 10 heteroatoms. The predicted molar refractivity (Wildman–Crippen MR) is 179 cm³/mol. The molecule has 0 spiro atoms. The van der Waals surface area contributed by atoms with Crippen LogP contribution in [0.25, 0.3) is 0 Å². The third-order valence-corrected chi connectivity index (χ3v) is 8.16. The Morgan fingerprint density at radius 1 is 0.545 bits per heavy atom. The first-order valence-electron chi connectivity index (χ1n) is 15.0. The van der Waals surface area contributed by atoms with Gasteiger partial charge >= 0.3 is 0 Å². The van der Waals surface area contributed by atoms with Crippen molar-refractivity contribution in [2.24, 2.45) is 0 Å². The molecule has 0 atom stereocenters. The molecule has 2 amide bonds. The van der Waals surface area contributed by atoms with Gasteiger partial charge in [0.1, 0.15) is 0 Å². The first-order chi connectivity index (χ1) is 21.5. The van der Waals surface area contributed by atoms with Crippen LogP contribution in [0.15, 0.2) is 85.5 Å². The molecule has 6 rings (SSSR count). The third kappa shape index (κ3) is 8.49. The van der Waals surface area contributed by atoms with Gasteiger partial charge in [-0.3, -0.25) is 19.6 Å². The lowest BCUT2D eigenvalue weighted by molar-refractivity contribution is 0.101. The van der Waals surface area contributed by atoms with Gasteiger partial charge in [-0.2, -0.15) is 0 Å². The molecule has 2 aromatic heterocycles. The van der Waals surface area contributed by atoms with Gasteiger partial charge in [0.2, 0.25) is 0 Å². The second-order valence-corrected chi connectivity index (χ2v) is 11.7. The molecule has 0 bridgehead atoms. The zero-order chi connectivity index (χ0) is 30.7. The molecule has 2 N–H and O–H groups in total. The van der Waals surface area contributed by atoms with Gasteiger partial charge in [0.15, 0.2) is 0 Å². The van der Waals surface area contributed by atoms with Gasteiger partial charge in [-0.05, 0) is 99.2 Å². The van der Waals surface area contributed by atoms with Gasteiger partial charge in [-0.15, -0.1) is 0 Å². The number of nitrogens with zero attached hydrogens (tertiary/aromatic N) is 4. The molecule has 4 heterocycles. The Balaban J connectivity index is 0.000000175. The molecule has 228 valence electrons. The molecule has 2 aliphatic heterocycles. The van der Waals surface area contributed by atoms with Gasteiger partial charge in [-0.1, -0.05) is 23.2 Å². The van der Waals surface area contributed by atoms with Gasteiger partial charge in [0, 0.05) is 72.1 Å². The van der Waals surface area contributed by atoms with Crippen molar-refractivity contribution in [3.8, 4) is 0 Å². The summed E-state index contributed by atoms with van der Waals surface area (Å²) in [6, 6.07) is 18.1. The first kappa shape index (κ1) is 31.3. The molecule has 0 radical (unpaired) electrons. The minimum Gasteiger partial charge on any atom is -0.370 e. The van der Waals surface area contributed by atoms with Crippen molar-refractivity contribution in [3.05, 3.63) is 107 Å². The summed E-state index contributed by atoms with van der Waals surface area (Å²) >= 11 is 12.2. The number of hydrogen-bond acceptors (Lipinski definition) is 6. The van der Waals surface area contributed by atoms with Crippen molar-refractivity contribution >= 4 is 57.8 Å². The number of benzene rings is 2. The smallest absolute Gasteiger partial charge is 0.255 e. The van der Waals surface area contributed by atoms with E-state index in [9.17, 15) is 9.59 Å². The Bertz CT molecular complexity index is 1430. The summed E-state index contributed by atoms with van der Waals surface area (Å²) < 4.78 is 0. The number of rotatable bonds is 6. The normalized spacial score (nSPS) is 14.7. The van der Waals surface area contributed by atoms with Crippen molar-refractivity contribution in [2.75, 3.05) is 46.6 Å². The summed E-state index contributed by atoms with van der Waals surface area (Å²) in [6.07, 6.45) is 13.7. The number of amides is 2. The Hall–Kier alpha value is -4.14. The lowest BCUT2D eigenvalue weighted by Crippen LogP contribution is -2.30. The van der Waals surface area contributed by atoms with E-state index in [0.717, 1.165) is 48.9 Å². The fourth-order valence-corrected chi connectivity index (χ4v) is 5.78. The van der Waals surface area contributed by atoms with Crippen LogP contribution in [-0.2, 0) is 0 Å². The summed E-state index contributed by atoms with van der Waals surface area (Å²) in [7, 11) is 0. The Kier molecular flexibility index (Phi) is 11.1. The van der Waals surface area contributed by atoms with Crippen LogP contribution in [0.3, 0.4) is 0 Å². The summed E-state index contributed by atoms with van der Waals surface area (Å²) in [5.74, 6) is -0.300. The first-order valence-corrected chi connectivity index (χ1v) is 15.8. The van der Waals surface area contributed by atoms with E-state index >= 15 is 0 Å². The van der Waals surface area contributed by atoms with Crippen LogP contribution < -0.4 is 20.4 Å². The van der Waals surface area contributed by atoms with Crippen LogP contribution in [0.2, 0.25) is 10.0 Å². The van der Waals surface area contributed by atoms with Crippen LogP contribution in [0.4, 0.5) is 22.7 Å². The number of piperidine rings is 2. The molecule has 2 aliphatic rings. The van der Waals surface area contributed by atoms with Crippen LogP contribution in [0.1, 0.15) is 59.2 Å². The van der Waals surface area contributed by atoms with E-state index in [2.05, 4.69) is 30.4 Å². The van der Waals surface area contributed by atoms with Crippen LogP contribution in [-0.4, -0.2) is 48.0 Å². The van der Waals surface area contributed by atoms with Crippen molar-refractivity contribution in [3.63, 3.8) is 0 Å². The third-order valence-electron chi connectivity index (χ3n) is 7.69. The number of nitrogens with one attached hydrogen (secondary N) is 2. The Labute approximate surface area is 268 Å². The van der Waals surface area contributed by atoms with Crippen LogP contribution in [0.5, 0.6) is 0 Å². The number of aromatic nitrogens is 2. The number of pyridine rings is 2. The maximum Gasteiger partial charge on any atom is 0.255 e. The number of halogens is 2. The van der Waals surface area contributed by atoms with Crippen molar-refractivity contribution in [1.29, 1.82) is 0 Å². The van der Waals surface area contributed by atoms with Gasteiger partial charge < -0.3 is 20.4 Å². The molecular formula is C34H36Cl2N6O2. The van der Waals surface area contributed by atoms with E-state index in [1.807, 2.05) is 36.4 Å². The molecular weight excluding hydrogens is 595 g/mol. The van der Waals surface area contributed by atoms with E-state index < -0.39 is 0 Å². The van der Waals surface area contributed by atoms with E-state index in [1.165, 1.54) is 38.5 Å². The minimum absolute atomic E-state index is 0.150. The highest BCUT2D eigenvalue weighted by Gasteiger charge is 2.18. The predicted octanol–water partition coefficient (Wildman–Crippen LogP) is 7.96. The van der Waals surface area contributed by atoms with E-state index in [1.54, 1.807) is 49.1 Å². The second-order valence-electron chi connectivity index (χ2n) is 10.8. The zero-order valence-electron chi connectivity index (χ0n) is 24.5. The van der Waals surface area contributed by atoms with Gasteiger partial charge in [0.25, 0.3) is 11.8 Å². The van der Waals surface area contributed by atoms with Gasteiger partial charge in [-0.25, -0.2) is 0 Å². The molecule has 0 saturated carbocycles. The average molecular weight is 632 g/mol. The molecule has 0 aliphatic carbocycles. The zero-order valence-corrected chi connectivity index (χ0v) is 26.0. The molecule has 2 aromatic carbocycles. The fraction of sp³-hybridized carbons (Fsp3) is 0.294. The number of carbonyl (C=O) groups excluding carboxylic acids is 2. The Morgan fingerprint density at radius 2 is 0.909 bits per heavy atom. The minimum atomic E-state index is -0.150. The lowest BCUT2D eigenvalue weighted by atomic mass is 10.1. The molecule has 2 saturated heterocycles. The average Bonchev–Trinajstić information content (AvgIpc) is 3.07. The maximum absolute atomic E-state index is 12.4. The molecule has 8 nitrogen and oxygen atoms in total. The van der Waals surface area contributed by atoms with E-state index in [0.29, 0.717) is 21.2 Å². The maximum atomic E-state index is 12.4. The molecule has 4 aromatic rings. The Morgan fingerprint density at radius 3 is 1.27 bits per heavy atom. The van der Waals surface area contributed by atoms with Crippen LogP contribution in [0, 0.1) is 0 Å². The number of hydrogen-bond donors (Lipinski definition) is 2. The topological polar surface area (TPSA) is 90.5 Å². The monoisotopic (exact) mass is 630 g/mol. The number of carbonyl (C=O) groups is 2. The largest absolute Gasteiger partial charge is 0.370 e. The quantitative estimate of drug-likeness (QED) is 0.225. The van der Waals surface area contributed by atoms with E-state index in [4.69, 9.17) is 23.2 Å². The van der Waals surface area contributed by atoms with E-state index in [-0.39, 0.29) is 11.8 Å². The summed E-state index contributed by atoms with van der Waals surface area (Å²) in [6.45, 7) is 4.05. The number of anilines is 4. The molecule has 44 heavy (non-hydrogen) atoms. The van der Waals surface area contributed by atoms with Crippen molar-refractivity contribution < 1.29 is 9.59 Å². The van der Waals surface area contributed by atoms with Crippen molar-refractivity contribution in [2.45, 2.75) is 38.5 Å². The van der Waals surface area contributed by atoms with Crippen molar-refractivity contribution in [1.82, 2.24) is 9.97 Å². The standard InChI is InChI=1S/2C17H18ClN3O/c2*18-14-4-5-16(21-10-2-1-3-11-21)15(12-14)20-17(22)13-6-8-19-9-7-13/h2*4-9,12H,1-3,10-11H2,(H,20,22). The molecule has 2 fully saturated rings. The summed E-state index contributed by atoms with van der Waals surface area (Å²) in [5, 5.41) is 7.18. The summed E-state index contributed by atoms with van der Waals surface area (Å²) in [4.78, 5) is 37.2. The molecule has 0 unspecified atom stereocenters. The van der Waals surface area contributed by atoms with Gasteiger partial charge in [0.05, 0.1) is 22.7 Å². The highest BCUT2D eigenvalue weighted by atomic mass is 35.5. The SMILES string of the molecule is O=C(Nc1cc(Cl)ccc1N1CCCCC1)c1ccncc1.O=C(Nc1cc(Cl)ccc1N1CCCCC1)c1ccncc1. The highest BCUT2D eigenvalue weighted by Crippen LogP contribution is 2.33. The fourth-order valence-electron chi connectivity index (χ4n) is 5.43. The lowest BCUT2D eigenvalue weighted by Gasteiger charge is -2.30. The van der Waals surface area contributed by atoms with Crippen LogP contribution >= 0.6 is 23.2 Å². The highest BCUT2D eigenvalue weighted by molar-refractivity contribution is 6.31. The summed E-state index contributed by atoms with van der Waals surface area (Å²) in [5.41, 5.74) is 4.75. The second kappa shape index (κ2) is 15.5.